The highest BCUT2D eigenvalue weighted by molar-refractivity contribution is 6.00. The van der Waals surface area contributed by atoms with Crippen molar-refractivity contribution in [2.45, 2.75) is 70.3 Å². The predicted octanol–water partition coefficient (Wildman–Crippen LogP) is 2.84. The normalized spacial score (nSPS) is 25.5. The lowest BCUT2D eigenvalue weighted by Gasteiger charge is -2.54. The number of hydrogen-bond acceptors (Lipinski definition) is 5. The molecular formula is C29H41N5O3. The summed E-state index contributed by atoms with van der Waals surface area (Å²) in [5.74, 6) is 0.287. The molecule has 4 fully saturated rings. The Kier molecular flexibility index (Phi) is 6.74. The number of amides is 2. The maximum absolute atomic E-state index is 13.0. The van der Waals surface area contributed by atoms with Gasteiger partial charge in [0.2, 0.25) is 11.8 Å². The molecule has 2 aromatic rings. The number of hydrogen-bond donors (Lipinski definition) is 1. The number of carbonyl (C=O) groups is 2. The van der Waals surface area contributed by atoms with Crippen LogP contribution in [0.1, 0.15) is 69.4 Å². The molecule has 3 aliphatic heterocycles. The molecule has 4 heterocycles. The van der Waals surface area contributed by atoms with Gasteiger partial charge >= 0.3 is 5.69 Å². The first-order chi connectivity index (χ1) is 17.9. The topological polar surface area (TPSA) is 79.6 Å². The molecule has 1 atom stereocenters. The van der Waals surface area contributed by atoms with Gasteiger partial charge in [0.15, 0.2) is 0 Å². The standard InChI is InChI=1S/C29H41N5O3/c1-31-25-17-21(7-8-23(25)34(28(31)37)24-9-10-26(35)30-27(24)36)11-14-33-19-29(20-33)12-15-32(16-13-29)18-22-5-3-2-4-6-22/h7-8,17,22,24H,2-6,9-16,18-20H2,1H3,(H,30,35,36). The lowest BCUT2D eigenvalue weighted by molar-refractivity contribution is -0.135. The second-order valence-corrected chi connectivity index (χ2v) is 12.3. The average Bonchev–Trinajstić information content (AvgIpc) is 3.12. The number of rotatable bonds is 6. The number of nitrogens with one attached hydrogen (secondary N) is 1. The van der Waals surface area contributed by atoms with E-state index >= 15 is 0 Å². The summed E-state index contributed by atoms with van der Waals surface area (Å²) in [7, 11) is 1.76. The molecule has 1 spiro atoms. The van der Waals surface area contributed by atoms with E-state index in [0.29, 0.717) is 11.8 Å². The second kappa shape index (κ2) is 10.0. The van der Waals surface area contributed by atoms with Crippen molar-refractivity contribution in [1.29, 1.82) is 0 Å². The maximum Gasteiger partial charge on any atom is 0.329 e. The number of benzene rings is 1. The molecule has 1 N–H and O–H groups in total. The van der Waals surface area contributed by atoms with E-state index in [-0.39, 0.29) is 23.9 Å². The van der Waals surface area contributed by atoms with Crippen LogP contribution in [0.3, 0.4) is 0 Å². The zero-order chi connectivity index (χ0) is 25.6. The lowest BCUT2D eigenvalue weighted by Crippen LogP contribution is -2.60. The molecule has 1 saturated carbocycles. The Morgan fingerprint density at radius 2 is 1.70 bits per heavy atom. The van der Waals surface area contributed by atoms with Crippen molar-refractivity contribution in [3.8, 4) is 0 Å². The fourth-order valence-electron chi connectivity index (χ4n) is 7.40. The van der Waals surface area contributed by atoms with Crippen LogP contribution in [0.5, 0.6) is 0 Å². The highest BCUT2D eigenvalue weighted by Crippen LogP contribution is 2.41. The Morgan fingerprint density at radius 1 is 0.946 bits per heavy atom. The zero-order valence-corrected chi connectivity index (χ0v) is 22.2. The molecule has 2 amide bonds. The van der Waals surface area contributed by atoms with Gasteiger partial charge in [-0.1, -0.05) is 25.3 Å². The number of aromatic nitrogens is 2. The van der Waals surface area contributed by atoms with Crippen molar-refractivity contribution in [1.82, 2.24) is 24.3 Å². The summed E-state index contributed by atoms with van der Waals surface area (Å²) in [5, 5.41) is 2.38. The maximum atomic E-state index is 13.0. The van der Waals surface area contributed by atoms with Gasteiger partial charge in [-0.15, -0.1) is 0 Å². The van der Waals surface area contributed by atoms with Crippen LogP contribution in [0.15, 0.2) is 23.0 Å². The number of imide groups is 1. The lowest BCUT2D eigenvalue weighted by atomic mass is 9.71. The van der Waals surface area contributed by atoms with Gasteiger partial charge in [0.1, 0.15) is 6.04 Å². The first kappa shape index (κ1) is 24.9. The first-order valence-corrected chi connectivity index (χ1v) is 14.4. The second-order valence-electron chi connectivity index (χ2n) is 12.3. The quantitative estimate of drug-likeness (QED) is 0.609. The summed E-state index contributed by atoms with van der Waals surface area (Å²) < 4.78 is 3.18. The van der Waals surface area contributed by atoms with Gasteiger partial charge < -0.3 is 9.80 Å². The smallest absolute Gasteiger partial charge is 0.303 e. The van der Waals surface area contributed by atoms with Crippen molar-refractivity contribution in [2.24, 2.45) is 18.4 Å². The number of likely N-dealkylation sites (tertiary alicyclic amines) is 2. The van der Waals surface area contributed by atoms with E-state index in [2.05, 4.69) is 27.2 Å². The van der Waals surface area contributed by atoms with E-state index < -0.39 is 6.04 Å². The Bertz CT molecular complexity index is 1220. The third-order valence-corrected chi connectivity index (χ3v) is 9.67. The van der Waals surface area contributed by atoms with Gasteiger partial charge in [-0.25, -0.2) is 4.79 Å². The molecule has 1 aliphatic carbocycles. The molecule has 37 heavy (non-hydrogen) atoms. The number of imidazole rings is 1. The van der Waals surface area contributed by atoms with Gasteiger partial charge in [-0.2, -0.15) is 0 Å². The largest absolute Gasteiger partial charge is 0.329 e. The van der Waals surface area contributed by atoms with Crippen LogP contribution >= 0.6 is 0 Å². The van der Waals surface area contributed by atoms with Crippen molar-refractivity contribution < 1.29 is 9.59 Å². The molecular weight excluding hydrogens is 466 g/mol. The van der Waals surface area contributed by atoms with Crippen LogP contribution < -0.4 is 11.0 Å². The third-order valence-electron chi connectivity index (χ3n) is 9.67. The first-order valence-electron chi connectivity index (χ1n) is 14.4. The molecule has 0 radical (unpaired) electrons. The van der Waals surface area contributed by atoms with E-state index in [1.165, 1.54) is 83.2 Å². The average molecular weight is 508 g/mol. The van der Waals surface area contributed by atoms with Crippen LogP contribution in [0, 0.1) is 11.3 Å². The highest BCUT2D eigenvalue weighted by atomic mass is 16.2. The molecule has 6 rings (SSSR count). The molecule has 200 valence electrons. The van der Waals surface area contributed by atoms with E-state index in [1.54, 1.807) is 16.2 Å². The predicted molar refractivity (Wildman–Crippen MR) is 143 cm³/mol. The molecule has 0 bridgehead atoms. The molecule has 8 heteroatoms. The molecule has 1 aromatic carbocycles. The monoisotopic (exact) mass is 507 g/mol. The van der Waals surface area contributed by atoms with Crippen LogP contribution in [0.25, 0.3) is 11.0 Å². The Morgan fingerprint density at radius 3 is 2.43 bits per heavy atom. The summed E-state index contributed by atoms with van der Waals surface area (Å²) >= 11 is 0. The summed E-state index contributed by atoms with van der Waals surface area (Å²) in [6.45, 7) is 7.36. The van der Waals surface area contributed by atoms with Crippen LogP contribution in [-0.4, -0.2) is 70.0 Å². The minimum atomic E-state index is -0.633. The van der Waals surface area contributed by atoms with Crippen molar-refractivity contribution >= 4 is 22.8 Å². The van der Waals surface area contributed by atoms with E-state index in [9.17, 15) is 14.4 Å². The summed E-state index contributed by atoms with van der Waals surface area (Å²) in [6, 6.07) is 5.52. The summed E-state index contributed by atoms with van der Waals surface area (Å²) in [4.78, 5) is 42.3. The number of nitrogens with zero attached hydrogens (tertiary/aromatic N) is 4. The minimum absolute atomic E-state index is 0.207. The Hall–Kier alpha value is -2.45. The fourth-order valence-corrected chi connectivity index (χ4v) is 7.40. The highest BCUT2D eigenvalue weighted by Gasteiger charge is 2.44. The van der Waals surface area contributed by atoms with Gasteiger partial charge in [0.25, 0.3) is 0 Å². The fraction of sp³-hybridized carbons (Fsp3) is 0.690. The van der Waals surface area contributed by atoms with E-state index in [4.69, 9.17) is 0 Å². The molecule has 8 nitrogen and oxygen atoms in total. The van der Waals surface area contributed by atoms with Gasteiger partial charge in [-0.05, 0) is 80.6 Å². The third kappa shape index (κ3) is 4.90. The Labute approximate surface area is 219 Å². The molecule has 3 saturated heterocycles. The van der Waals surface area contributed by atoms with Gasteiger partial charge in [0.05, 0.1) is 11.0 Å². The van der Waals surface area contributed by atoms with Crippen molar-refractivity contribution in [2.75, 3.05) is 39.3 Å². The minimum Gasteiger partial charge on any atom is -0.303 e. The summed E-state index contributed by atoms with van der Waals surface area (Å²) in [6.07, 6.45) is 11.5. The van der Waals surface area contributed by atoms with Crippen LogP contribution in [-0.2, 0) is 23.1 Å². The zero-order valence-electron chi connectivity index (χ0n) is 22.2. The van der Waals surface area contributed by atoms with E-state index in [0.717, 1.165) is 29.9 Å². The van der Waals surface area contributed by atoms with Gasteiger partial charge in [0, 0.05) is 39.6 Å². The Balaban J connectivity index is 1.03. The van der Waals surface area contributed by atoms with E-state index in [1.807, 2.05) is 6.07 Å². The van der Waals surface area contributed by atoms with Crippen LogP contribution in [0.2, 0.25) is 0 Å². The number of aryl methyl sites for hydroxylation is 1. The number of piperidine rings is 2. The van der Waals surface area contributed by atoms with Crippen molar-refractivity contribution in [3.63, 3.8) is 0 Å². The SMILES string of the molecule is Cn1c(=O)n(C2CCC(=O)NC2=O)c2ccc(CCN3CC4(CCN(CC5CCCCC5)CC4)C3)cc21. The molecule has 1 aromatic heterocycles. The molecule has 4 aliphatic rings. The number of fused-ring (bicyclic) bond motifs is 1. The summed E-state index contributed by atoms with van der Waals surface area (Å²) in [5.41, 5.74) is 3.15. The molecule has 1 unspecified atom stereocenters. The van der Waals surface area contributed by atoms with Crippen LogP contribution in [0.4, 0.5) is 0 Å². The van der Waals surface area contributed by atoms with Crippen molar-refractivity contribution in [3.05, 3.63) is 34.2 Å². The van der Waals surface area contributed by atoms with Gasteiger partial charge in [-0.3, -0.25) is 24.0 Å². The number of carbonyl (C=O) groups excluding carboxylic acids is 2.